The van der Waals surface area contributed by atoms with Crippen molar-refractivity contribution in [2.45, 2.75) is 13.1 Å². The normalized spacial score (nSPS) is 11.1. The Labute approximate surface area is 190 Å². The summed E-state index contributed by atoms with van der Waals surface area (Å²) in [4.78, 5) is 34.7. The maximum absolute atomic E-state index is 13.4. The number of aromatic nitrogens is 2. The first-order valence-corrected chi connectivity index (χ1v) is 10.1. The Balaban J connectivity index is 2.00. The molecule has 0 unspecified atom stereocenters. The Kier molecular flexibility index (Phi) is 5.68. The van der Waals surface area contributed by atoms with E-state index in [1.807, 2.05) is 0 Å². The maximum atomic E-state index is 13.4. The summed E-state index contributed by atoms with van der Waals surface area (Å²) < 4.78 is 2.62. The highest BCUT2D eigenvalue weighted by atomic mass is 35.5. The molecule has 0 aliphatic carbocycles. The zero-order chi connectivity index (χ0) is 23.0. The number of rotatable bonds is 6. The lowest BCUT2D eigenvalue weighted by Crippen LogP contribution is -2.25. The van der Waals surface area contributed by atoms with Crippen LogP contribution < -0.4 is 5.69 Å². The summed E-state index contributed by atoms with van der Waals surface area (Å²) in [6.45, 7) is 0.0546. The van der Waals surface area contributed by atoms with E-state index in [0.717, 1.165) is 12.1 Å². The van der Waals surface area contributed by atoms with Crippen molar-refractivity contribution in [2.24, 2.45) is 0 Å². The van der Waals surface area contributed by atoms with Gasteiger partial charge in [-0.15, -0.1) is 0 Å². The predicted octanol–water partition coefficient (Wildman–Crippen LogP) is 5.02. The van der Waals surface area contributed by atoms with Gasteiger partial charge in [0.1, 0.15) is 0 Å². The van der Waals surface area contributed by atoms with Crippen LogP contribution >= 0.6 is 23.2 Å². The molecular formula is C21H14Cl2N4O5. The van der Waals surface area contributed by atoms with Gasteiger partial charge in [0.2, 0.25) is 0 Å². The molecule has 0 amide bonds. The summed E-state index contributed by atoms with van der Waals surface area (Å²) in [5.41, 5.74) is -0.313. The third kappa shape index (κ3) is 3.83. The van der Waals surface area contributed by atoms with Crippen molar-refractivity contribution in [1.29, 1.82) is 0 Å². The molecule has 4 aromatic rings. The molecule has 9 nitrogen and oxygen atoms in total. The highest BCUT2D eigenvalue weighted by Gasteiger charge is 2.28. The molecule has 0 spiro atoms. The van der Waals surface area contributed by atoms with E-state index in [9.17, 15) is 25.0 Å². The first-order chi connectivity index (χ1) is 15.3. The fraction of sp³-hybridized carbons (Fsp3) is 0.0952. The second-order valence-corrected chi connectivity index (χ2v) is 7.80. The summed E-state index contributed by atoms with van der Waals surface area (Å²) in [6, 6.07) is 15.9. The van der Waals surface area contributed by atoms with Gasteiger partial charge in [-0.1, -0.05) is 59.6 Å². The Bertz CT molecular complexity index is 1340. The fourth-order valence-corrected chi connectivity index (χ4v) is 3.92. The van der Waals surface area contributed by atoms with Gasteiger partial charge in [0.25, 0.3) is 0 Å². The first kappa shape index (κ1) is 21.5. The topological polar surface area (TPSA) is 113 Å². The van der Waals surface area contributed by atoms with E-state index in [-0.39, 0.29) is 24.1 Å². The van der Waals surface area contributed by atoms with Gasteiger partial charge in [-0.2, -0.15) is 0 Å². The third-order valence-corrected chi connectivity index (χ3v) is 5.82. The molecular weight excluding hydrogens is 459 g/mol. The van der Waals surface area contributed by atoms with Gasteiger partial charge < -0.3 is 0 Å². The van der Waals surface area contributed by atoms with Gasteiger partial charge in [-0.3, -0.25) is 29.4 Å². The standard InChI is InChI=1S/C21H14Cl2N4O5/c22-15-7-3-1-5-13(15)11-24-17-9-19(26(29)30)20(27(31)32)10-18(17)25(21(24)28)12-14-6-2-4-8-16(14)23/h1-10H,11-12H2. The summed E-state index contributed by atoms with van der Waals surface area (Å²) in [7, 11) is 0. The predicted molar refractivity (Wildman–Crippen MR) is 121 cm³/mol. The van der Waals surface area contributed by atoms with Crippen molar-refractivity contribution in [2.75, 3.05) is 0 Å². The molecule has 0 fully saturated rings. The van der Waals surface area contributed by atoms with Crippen molar-refractivity contribution < 1.29 is 9.85 Å². The Morgan fingerprint density at radius 3 is 1.44 bits per heavy atom. The van der Waals surface area contributed by atoms with Gasteiger partial charge >= 0.3 is 17.1 Å². The number of nitro benzene ring substituents is 2. The van der Waals surface area contributed by atoms with Crippen LogP contribution in [-0.2, 0) is 13.1 Å². The number of imidazole rings is 1. The highest BCUT2D eigenvalue weighted by molar-refractivity contribution is 6.31. The summed E-state index contributed by atoms with van der Waals surface area (Å²) >= 11 is 12.5. The highest BCUT2D eigenvalue weighted by Crippen LogP contribution is 2.32. The van der Waals surface area contributed by atoms with Crippen LogP contribution in [0.3, 0.4) is 0 Å². The zero-order valence-electron chi connectivity index (χ0n) is 16.3. The molecule has 0 aliphatic rings. The number of benzene rings is 3. The SMILES string of the molecule is O=c1n(Cc2ccccc2Cl)c2cc([N+](=O)[O-])c([N+](=O)[O-])cc2n1Cc1ccccc1Cl. The van der Waals surface area contributed by atoms with Gasteiger partial charge in [-0.25, -0.2) is 4.79 Å². The fourth-order valence-electron chi connectivity index (χ4n) is 3.53. The van der Waals surface area contributed by atoms with Gasteiger partial charge in [0.05, 0.1) is 34.0 Å². The van der Waals surface area contributed by atoms with E-state index in [1.54, 1.807) is 48.5 Å². The van der Waals surface area contributed by atoms with E-state index in [0.29, 0.717) is 21.2 Å². The molecule has 0 bridgehead atoms. The monoisotopic (exact) mass is 472 g/mol. The van der Waals surface area contributed by atoms with E-state index in [4.69, 9.17) is 23.2 Å². The van der Waals surface area contributed by atoms with Crippen LogP contribution in [0.5, 0.6) is 0 Å². The molecule has 0 saturated heterocycles. The van der Waals surface area contributed by atoms with E-state index < -0.39 is 26.9 Å². The summed E-state index contributed by atoms with van der Waals surface area (Å²) in [5.74, 6) is 0. The smallest absolute Gasteiger partial charge is 0.287 e. The molecule has 0 N–H and O–H groups in total. The van der Waals surface area contributed by atoms with Crippen LogP contribution in [-0.4, -0.2) is 19.0 Å². The number of fused-ring (bicyclic) bond motifs is 1. The molecule has 32 heavy (non-hydrogen) atoms. The maximum Gasteiger partial charge on any atom is 0.348 e. The molecule has 1 heterocycles. The molecule has 11 heteroatoms. The molecule has 1 aromatic heterocycles. The first-order valence-electron chi connectivity index (χ1n) is 9.30. The molecule has 0 atom stereocenters. The lowest BCUT2D eigenvalue weighted by atomic mass is 10.2. The Morgan fingerprint density at radius 1 is 0.719 bits per heavy atom. The van der Waals surface area contributed by atoms with Crippen LogP contribution in [0.2, 0.25) is 10.0 Å². The quantitative estimate of drug-likeness (QED) is 0.288. The lowest BCUT2D eigenvalue weighted by molar-refractivity contribution is -0.422. The summed E-state index contributed by atoms with van der Waals surface area (Å²) in [5, 5.41) is 23.8. The number of nitro groups is 2. The third-order valence-electron chi connectivity index (χ3n) is 5.08. The number of hydrogen-bond donors (Lipinski definition) is 0. The van der Waals surface area contributed by atoms with Crippen molar-refractivity contribution in [3.63, 3.8) is 0 Å². The zero-order valence-corrected chi connectivity index (χ0v) is 17.8. The minimum atomic E-state index is -0.840. The Morgan fingerprint density at radius 2 is 1.09 bits per heavy atom. The van der Waals surface area contributed by atoms with Crippen LogP contribution in [0.1, 0.15) is 11.1 Å². The van der Waals surface area contributed by atoms with Crippen LogP contribution in [0, 0.1) is 20.2 Å². The average molecular weight is 473 g/mol. The van der Waals surface area contributed by atoms with E-state index >= 15 is 0 Å². The number of hydrogen-bond acceptors (Lipinski definition) is 5. The molecule has 3 aromatic carbocycles. The van der Waals surface area contributed by atoms with E-state index in [2.05, 4.69) is 0 Å². The van der Waals surface area contributed by atoms with Gasteiger partial charge in [-0.05, 0) is 23.3 Å². The molecule has 0 radical (unpaired) electrons. The van der Waals surface area contributed by atoms with Crippen molar-refractivity contribution in [1.82, 2.24) is 9.13 Å². The average Bonchev–Trinajstić information content (AvgIpc) is 3.01. The molecule has 0 aliphatic heterocycles. The van der Waals surface area contributed by atoms with Crippen LogP contribution in [0.25, 0.3) is 11.0 Å². The van der Waals surface area contributed by atoms with Crippen molar-refractivity contribution in [3.05, 3.63) is 113 Å². The number of halogens is 2. The van der Waals surface area contributed by atoms with Crippen LogP contribution in [0.4, 0.5) is 11.4 Å². The minimum absolute atomic E-state index is 0.0273. The second kappa shape index (κ2) is 8.45. The Hall–Kier alpha value is -3.69. The second-order valence-electron chi connectivity index (χ2n) is 6.98. The van der Waals surface area contributed by atoms with Crippen molar-refractivity contribution >= 4 is 45.6 Å². The summed E-state index contributed by atoms with van der Waals surface area (Å²) in [6.07, 6.45) is 0. The largest absolute Gasteiger partial charge is 0.348 e. The lowest BCUT2D eigenvalue weighted by Gasteiger charge is -2.06. The number of nitrogens with zero attached hydrogens (tertiary/aromatic N) is 4. The minimum Gasteiger partial charge on any atom is -0.287 e. The van der Waals surface area contributed by atoms with Crippen LogP contribution in [0.15, 0.2) is 65.5 Å². The van der Waals surface area contributed by atoms with Gasteiger partial charge in [0, 0.05) is 22.2 Å². The van der Waals surface area contributed by atoms with Crippen molar-refractivity contribution in [3.8, 4) is 0 Å². The van der Waals surface area contributed by atoms with Gasteiger partial charge in [0.15, 0.2) is 0 Å². The molecule has 4 rings (SSSR count). The molecule has 162 valence electrons. The molecule has 0 saturated carbocycles. The van der Waals surface area contributed by atoms with E-state index in [1.165, 1.54) is 9.13 Å².